The van der Waals surface area contributed by atoms with Crippen LogP contribution in [0.15, 0.2) is 12.3 Å². The van der Waals surface area contributed by atoms with Gasteiger partial charge in [0.2, 0.25) is 0 Å². The molecular formula is C7H6F2N2O3. The predicted molar refractivity (Wildman–Crippen MR) is 41.8 cm³/mol. The van der Waals surface area contributed by atoms with Gasteiger partial charge < -0.3 is 5.11 Å². The number of halogens is 2. The summed E-state index contributed by atoms with van der Waals surface area (Å²) in [6.45, 7) is -0.830. The SMILES string of the molecule is O=[N+]([O-])c1ccnc(C(F)F)c1CO. The highest BCUT2D eigenvalue weighted by molar-refractivity contribution is 5.41. The van der Waals surface area contributed by atoms with Crippen LogP contribution < -0.4 is 0 Å². The van der Waals surface area contributed by atoms with Crippen molar-refractivity contribution < 1.29 is 18.8 Å². The van der Waals surface area contributed by atoms with Gasteiger partial charge in [-0.2, -0.15) is 0 Å². The maximum absolute atomic E-state index is 12.3. The third-order valence-electron chi connectivity index (χ3n) is 1.63. The highest BCUT2D eigenvalue weighted by Crippen LogP contribution is 2.27. The van der Waals surface area contributed by atoms with Gasteiger partial charge in [0.05, 0.1) is 17.1 Å². The molecular weight excluding hydrogens is 198 g/mol. The normalized spacial score (nSPS) is 10.6. The third kappa shape index (κ3) is 1.82. The molecule has 1 aromatic heterocycles. The molecule has 0 bridgehead atoms. The van der Waals surface area contributed by atoms with Crippen LogP contribution in [0.4, 0.5) is 14.5 Å². The van der Waals surface area contributed by atoms with Gasteiger partial charge >= 0.3 is 0 Å². The van der Waals surface area contributed by atoms with E-state index in [0.717, 1.165) is 12.3 Å². The minimum atomic E-state index is -2.93. The van der Waals surface area contributed by atoms with Crippen molar-refractivity contribution in [3.05, 3.63) is 33.6 Å². The zero-order valence-electron chi connectivity index (χ0n) is 6.85. The maximum atomic E-state index is 12.3. The molecule has 0 aromatic carbocycles. The minimum absolute atomic E-state index is 0.437. The number of hydrogen-bond acceptors (Lipinski definition) is 4. The monoisotopic (exact) mass is 204 g/mol. The second kappa shape index (κ2) is 4.05. The van der Waals surface area contributed by atoms with E-state index in [1.807, 2.05) is 0 Å². The Kier molecular flexibility index (Phi) is 3.03. The summed E-state index contributed by atoms with van der Waals surface area (Å²) in [6, 6.07) is 0.970. The average molecular weight is 204 g/mol. The van der Waals surface area contributed by atoms with E-state index in [4.69, 9.17) is 5.11 Å². The Morgan fingerprint density at radius 3 is 2.71 bits per heavy atom. The number of pyridine rings is 1. The van der Waals surface area contributed by atoms with E-state index in [0.29, 0.717) is 0 Å². The molecule has 7 heteroatoms. The first-order chi connectivity index (χ1) is 6.57. The van der Waals surface area contributed by atoms with Crippen molar-refractivity contribution in [1.29, 1.82) is 0 Å². The van der Waals surface area contributed by atoms with E-state index in [-0.39, 0.29) is 0 Å². The highest BCUT2D eigenvalue weighted by Gasteiger charge is 2.22. The maximum Gasteiger partial charge on any atom is 0.280 e. The second-order valence-corrected chi connectivity index (χ2v) is 2.41. The van der Waals surface area contributed by atoms with Gasteiger partial charge in [0.15, 0.2) is 0 Å². The summed E-state index contributed by atoms with van der Waals surface area (Å²) in [5.74, 6) is 0. The molecule has 0 atom stereocenters. The van der Waals surface area contributed by atoms with Crippen molar-refractivity contribution in [2.75, 3.05) is 0 Å². The van der Waals surface area contributed by atoms with Crippen LogP contribution in [0.5, 0.6) is 0 Å². The molecule has 1 rings (SSSR count). The van der Waals surface area contributed by atoms with E-state index >= 15 is 0 Å². The van der Waals surface area contributed by atoms with E-state index in [1.165, 1.54) is 0 Å². The summed E-state index contributed by atoms with van der Waals surface area (Å²) in [6.07, 6.45) is -2.02. The molecule has 0 unspecified atom stereocenters. The molecule has 0 saturated carbocycles. The average Bonchev–Trinajstić information content (AvgIpc) is 2.16. The molecule has 76 valence electrons. The van der Waals surface area contributed by atoms with Crippen molar-refractivity contribution >= 4 is 5.69 Å². The second-order valence-electron chi connectivity index (χ2n) is 2.41. The van der Waals surface area contributed by atoms with Gasteiger partial charge in [0.25, 0.3) is 12.1 Å². The number of nitro groups is 1. The van der Waals surface area contributed by atoms with Crippen molar-refractivity contribution in [1.82, 2.24) is 4.98 Å². The van der Waals surface area contributed by atoms with Gasteiger partial charge in [-0.25, -0.2) is 8.78 Å². The van der Waals surface area contributed by atoms with E-state index in [9.17, 15) is 18.9 Å². The fraction of sp³-hybridized carbons (Fsp3) is 0.286. The highest BCUT2D eigenvalue weighted by atomic mass is 19.3. The largest absolute Gasteiger partial charge is 0.391 e. The zero-order valence-corrected chi connectivity index (χ0v) is 6.85. The fourth-order valence-corrected chi connectivity index (χ4v) is 1.02. The summed E-state index contributed by atoms with van der Waals surface area (Å²) in [5.41, 5.74) is -1.73. The number of aromatic nitrogens is 1. The Labute approximate surface area is 77.2 Å². The molecule has 1 N–H and O–H groups in total. The van der Waals surface area contributed by atoms with Crippen LogP contribution >= 0.6 is 0 Å². The molecule has 1 aromatic rings. The predicted octanol–water partition coefficient (Wildman–Crippen LogP) is 1.42. The van der Waals surface area contributed by atoms with Crippen LogP contribution in [0.1, 0.15) is 17.7 Å². The number of nitrogens with zero attached hydrogens (tertiary/aromatic N) is 2. The van der Waals surface area contributed by atoms with Crippen LogP contribution in [-0.2, 0) is 6.61 Å². The number of aliphatic hydroxyl groups is 1. The minimum Gasteiger partial charge on any atom is -0.391 e. The molecule has 1 heterocycles. The number of hydrogen-bond donors (Lipinski definition) is 1. The molecule has 0 spiro atoms. The standard InChI is InChI=1S/C7H6F2N2O3/c8-7(9)6-4(3-12)5(11(13)14)1-2-10-6/h1-2,7,12H,3H2. The lowest BCUT2D eigenvalue weighted by Gasteiger charge is -2.04. The van der Waals surface area contributed by atoms with Gasteiger partial charge in [-0.3, -0.25) is 15.1 Å². The van der Waals surface area contributed by atoms with Crippen molar-refractivity contribution in [2.45, 2.75) is 13.0 Å². The molecule has 0 aliphatic carbocycles. The zero-order chi connectivity index (χ0) is 10.7. The van der Waals surface area contributed by atoms with Crippen LogP contribution in [0, 0.1) is 10.1 Å². The number of alkyl halides is 2. The molecule has 0 aliphatic heterocycles. The van der Waals surface area contributed by atoms with Gasteiger partial charge in [0, 0.05) is 12.3 Å². The van der Waals surface area contributed by atoms with Gasteiger partial charge in [-0.05, 0) is 0 Å². The third-order valence-corrected chi connectivity index (χ3v) is 1.63. The lowest BCUT2D eigenvalue weighted by molar-refractivity contribution is -0.386. The molecule has 0 aliphatic rings. The lowest BCUT2D eigenvalue weighted by Crippen LogP contribution is -2.03. The van der Waals surface area contributed by atoms with Crippen LogP contribution in [0.3, 0.4) is 0 Å². The van der Waals surface area contributed by atoms with Crippen molar-refractivity contribution in [3.63, 3.8) is 0 Å². The molecule has 5 nitrogen and oxygen atoms in total. The Morgan fingerprint density at radius 1 is 1.64 bits per heavy atom. The van der Waals surface area contributed by atoms with E-state index < -0.39 is 34.9 Å². The number of rotatable bonds is 3. The molecule has 0 fully saturated rings. The Balaban J connectivity index is 3.32. The van der Waals surface area contributed by atoms with Crippen LogP contribution in [0.25, 0.3) is 0 Å². The molecule has 0 saturated heterocycles. The first-order valence-corrected chi connectivity index (χ1v) is 3.59. The van der Waals surface area contributed by atoms with Crippen molar-refractivity contribution in [2.24, 2.45) is 0 Å². The Bertz CT molecular complexity index is 357. The Hall–Kier alpha value is -1.63. The Morgan fingerprint density at radius 2 is 2.29 bits per heavy atom. The summed E-state index contributed by atoms with van der Waals surface area (Å²) >= 11 is 0. The molecule has 14 heavy (non-hydrogen) atoms. The molecule has 0 amide bonds. The first-order valence-electron chi connectivity index (χ1n) is 3.59. The topological polar surface area (TPSA) is 76.3 Å². The summed E-state index contributed by atoms with van der Waals surface area (Å²) in [5, 5.41) is 19.1. The van der Waals surface area contributed by atoms with E-state index in [2.05, 4.69) is 4.98 Å². The van der Waals surface area contributed by atoms with Crippen LogP contribution in [0.2, 0.25) is 0 Å². The smallest absolute Gasteiger partial charge is 0.280 e. The molecule has 0 radical (unpaired) electrons. The number of aliphatic hydroxyl groups excluding tert-OH is 1. The summed E-state index contributed by atoms with van der Waals surface area (Å²) < 4.78 is 24.5. The fourth-order valence-electron chi connectivity index (χ4n) is 1.02. The van der Waals surface area contributed by atoms with Gasteiger partial charge in [-0.15, -0.1) is 0 Å². The van der Waals surface area contributed by atoms with E-state index in [1.54, 1.807) is 0 Å². The summed E-state index contributed by atoms with van der Waals surface area (Å²) in [4.78, 5) is 12.8. The van der Waals surface area contributed by atoms with Gasteiger partial charge in [0.1, 0.15) is 5.69 Å². The van der Waals surface area contributed by atoms with Crippen molar-refractivity contribution in [3.8, 4) is 0 Å². The first kappa shape index (κ1) is 10.5. The quantitative estimate of drug-likeness (QED) is 0.596. The summed E-state index contributed by atoms with van der Waals surface area (Å²) in [7, 11) is 0. The van der Waals surface area contributed by atoms with Crippen LogP contribution in [-0.4, -0.2) is 15.0 Å². The lowest BCUT2D eigenvalue weighted by atomic mass is 10.1. The van der Waals surface area contributed by atoms with Gasteiger partial charge in [-0.1, -0.05) is 0 Å².